The van der Waals surface area contributed by atoms with Gasteiger partial charge in [0.15, 0.2) is 11.5 Å². The molecule has 1 amide bonds. The number of halogens is 2. The maximum atomic E-state index is 13.4. The van der Waals surface area contributed by atoms with Crippen molar-refractivity contribution in [3.63, 3.8) is 0 Å². The molecule has 1 heterocycles. The first-order valence-corrected chi connectivity index (χ1v) is 8.92. The van der Waals surface area contributed by atoms with Gasteiger partial charge < -0.3 is 19.5 Å². The number of hydrogen-bond donors (Lipinski definition) is 1. The minimum Gasteiger partial charge on any atom is -0.504 e. The van der Waals surface area contributed by atoms with E-state index in [-0.39, 0.29) is 17.6 Å². The second-order valence-electron chi connectivity index (χ2n) is 6.09. The largest absolute Gasteiger partial charge is 0.504 e. The molecule has 2 aromatic rings. The Hall–Kier alpha value is -2.28. The summed E-state index contributed by atoms with van der Waals surface area (Å²) in [6, 6.07) is 7.55. The van der Waals surface area contributed by atoms with Gasteiger partial charge in [-0.15, -0.1) is 0 Å². The van der Waals surface area contributed by atoms with Crippen LogP contribution in [0, 0.1) is 5.82 Å². The predicted molar refractivity (Wildman–Crippen MR) is 98.0 cm³/mol. The number of rotatable bonds is 3. The number of carbonyl (C=O) groups excluding carboxylic acids is 1. The molecular formula is C19H19BrFNO4. The summed E-state index contributed by atoms with van der Waals surface area (Å²) in [4.78, 5) is 13.9. The molecule has 0 saturated heterocycles. The predicted octanol–water partition coefficient (Wildman–Crippen LogP) is 4.21. The molecule has 0 aliphatic carbocycles. The lowest BCUT2D eigenvalue weighted by atomic mass is 9.88. The van der Waals surface area contributed by atoms with Crippen molar-refractivity contribution in [3.8, 4) is 11.5 Å². The number of fused-ring (bicyclic) bond motifs is 1. The molecule has 26 heavy (non-hydrogen) atoms. The van der Waals surface area contributed by atoms with E-state index >= 15 is 0 Å². The van der Waals surface area contributed by atoms with E-state index in [0.29, 0.717) is 29.6 Å². The maximum Gasteiger partial charge on any atom is 0.410 e. The molecule has 1 unspecified atom stereocenters. The van der Waals surface area contributed by atoms with Crippen LogP contribution in [0.15, 0.2) is 34.8 Å². The Morgan fingerprint density at radius 1 is 1.35 bits per heavy atom. The van der Waals surface area contributed by atoms with Crippen molar-refractivity contribution in [2.24, 2.45) is 0 Å². The fraction of sp³-hybridized carbons (Fsp3) is 0.316. The Bertz CT molecular complexity index is 843. The fourth-order valence-electron chi connectivity index (χ4n) is 3.33. The summed E-state index contributed by atoms with van der Waals surface area (Å²) in [5, 5.41) is 10.2. The maximum absolute atomic E-state index is 13.4. The smallest absolute Gasteiger partial charge is 0.410 e. The number of amides is 1. The standard InChI is InChI=1S/C19H19BrFNO4/c1-25-18-8-11-5-6-22(19(24)26-2)16(14(11)10-17(18)23)7-12-3-4-13(21)9-15(12)20/h3-4,8-10,16,23H,5-7H2,1-2H3. The van der Waals surface area contributed by atoms with Gasteiger partial charge in [0.1, 0.15) is 5.82 Å². The third-order valence-electron chi connectivity index (χ3n) is 4.64. The second kappa shape index (κ2) is 7.53. The average molecular weight is 424 g/mol. The Labute approximate surface area is 159 Å². The highest BCUT2D eigenvalue weighted by molar-refractivity contribution is 9.10. The average Bonchev–Trinajstić information content (AvgIpc) is 2.63. The van der Waals surface area contributed by atoms with Crippen molar-refractivity contribution in [2.45, 2.75) is 18.9 Å². The number of methoxy groups -OCH3 is 2. The van der Waals surface area contributed by atoms with Gasteiger partial charge in [-0.3, -0.25) is 0 Å². The molecule has 1 N–H and O–H groups in total. The minimum atomic E-state index is -0.436. The molecule has 0 fully saturated rings. The molecule has 0 bridgehead atoms. The molecule has 138 valence electrons. The first-order chi connectivity index (χ1) is 12.4. The van der Waals surface area contributed by atoms with Crippen molar-refractivity contribution < 1.29 is 23.8 Å². The SMILES string of the molecule is COC(=O)N1CCc2cc(OC)c(O)cc2C1Cc1ccc(F)cc1Br. The highest BCUT2D eigenvalue weighted by atomic mass is 79.9. The third kappa shape index (κ3) is 3.49. The number of carbonyl (C=O) groups is 1. The van der Waals surface area contributed by atoms with E-state index in [0.717, 1.165) is 16.7 Å². The van der Waals surface area contributed by atoms with Crippen molar-refractivity contribution in [2.75, 3.05) is 20.8 Å². The molecule has 1 atom stereocenters. The van der Waals surface area contributed by atoms with Gasteiger partial charge in [0.25, 0.3) is 0 Å². The van der Waals surface area contributed by atoms with Crippen LogP contribution in [0.25, 0.3) is 0 Å². The van der Waals surface area contributed by atoms with E-state index in [1.54, 1.807) is 23.1 Å². The normalized spacial score (nSPS) is 16.2. The van der Waals surface area contributed by atoms with Crippen LogP contribution >= 0.6 is 15.9 Å². The van der Waals surface area contributed by atoms with Crippen LogP contribution in [0.5, 0.6) is 11.5 Å². The van der Waals surface area contributed by atoms with E-state index in [1.807, 2.05) is 0 Å². The molecule has 3 rings (SSSR count). The molecule has 5 nitrogen and oxygen atoms in total. The summed E-state index contributed by atoms with van der Waals surface area (Å²) in [5.74, 6) is 0.0787. The molecule has 0 saturated carbocycles. The first-order valence-electron chi connectivity index (χ1n) is 8.13. The van der Waals surface area contributed by atoms with E-state index in [4.69, 9.17) is 9.47 Å². The summed E-state index contributed by atoms with van der Waals surface area (Å²) < 4.78 is 24.1. The van der Waals surface area contributed by atoms with Crippen molar-refractivity contribution >= 4 is 22.0 Å². The van der Waals surface area contributed by atoms with Crippen molar-refractivity contribution in [1.29, 1.82) is 0 Å². The van der Waals surface area contributed by atoms with Gasteiger partial charge in [-0.25, -0.2) is 9.18 Å². The van der Waals surface area contributed by atoms with Crippen LogP contribution in [-0.4, -0.2) is 36.9 Å². The number of ether oxygens (including phenoxy) is 2. The first kappa shape index (κ1) is 18.5. The molecule has 7 heteroatoms. The van der Waals surface area contributed by atoms with Crippen LogP contribution in [0.1, 0.15) is 22.7 Å². The number of benzene rings is 2. The quantitative estimate of drug-likeness (QED) is 0.802. The summed E-state index contributed by atoms with van der Waals surface area (Å²) in [6.45, 7) is 0.483. The summed E-state index contributed by atoms with van der Waals surface area (Å²) in [6.07, 6.45) is 0.644. The molecule has 1 aliphatic rings. The van der Waals surface area contributed by atoms with Crippen molar-refractivity contribution in [3.05, 3.63) is 57.3 Å². The Morgan fingerprint density at radius 3 is 2.77 bits per heavy atom. The van der Waals surface area contributed by atoms with Gasteiger partial charge >= 0.3 is 6.09 Å². The number of hydrogen-bond acceptors (Lipinski definition) is 4. The summed E-state index contributed by atoms with van der Waals surface area (Å²) >= 11 is 3.38. The lowest BCUT2D eigenvalue weighted by molar-refractivity contribution is 0.100. The second-order valence-corrected chi connectivity index (χ2v) is 6.95. The Morgan fingerprint density at radius 2 is 2.12 bits per heavy atom. The number of aromatic hydroxyl groups is 1. The number of phenolic OH excluding ortho intramolecular Hbond substituents is 1. The lowest BCUT2D eigenvalue weighted by Crippen LogP contribution is -2.41. The van der Waals surface area contributed by atoms with E-state index in [2.05, 4.69) is 15.9 Å². The minimum absolute atomic E-state index is 0.0149. The lowest BCUT2D eigenvalue weighted by Gasteiger charge is -2.37. The van der Waals surface area contributed by atoms with Crippen molar-refractivity contribution in [1.82, 2.24) is 4.90 Å². The van der Waals surface area contributed by atoms with Crippen LogP contribution in [0.2, 0.25) is 0 Å². The summed E-state index contributed by atoms with van der Waals surface area (Å²) in [7, 11) is 2.84. The van der Waals surface area contributed by atoms with Gasteiger partial charge in [0.05, 0.1) is 20.3 Å². The zero-order valence-corrected chi connectivity index (χ0v) is 16.0. The van der Waals surface area contributed by atoms with Gasteiger partial charge in [0, 0.05) is 11.0 Å². The van der Waals surface area contributed by atoms with Crippen LogP contribution in [-0.2, 0) is 17.6 Å². The van der Waals surface area contributed by atoms with E-state index < -0.39 is 6.09 Å². The van der Waals surface area contributed by atoms with Gasteiger partial charge in [0.2, 0.25) is 0 Å². The van der Waals surface area contributed by atoms with Crippen LogP contribution in [0.4, 0.5) is 9.18 Å². The number of phenols is 1. The van der Waals surface area contributed by atoms with Crippen LogP contribution in [0.3, 0.4) is 0 Å². The van der Waals surface area contributed by atoms with E-state index in [9.17, 15) is 14.3 Å². The third-order valence-corrected chi connectivity index (χ3v) is 5.37. The molecular weight excluding hydrogens is 405 g/mol. The fourth-order valence-corrected chi connectivity index (χ4v) is 3.85. The highest BCUT2D eigenvalue weighted by Gasteiger charge is 2.33. The Balaban J connectivity index is 2.05. The molecule has 1 aliphatic heterocycles. The molecule has 0 radical (unpaired) electrons. The zero-order chi connectivity index (χ0) is 18.8. The molecule has 0 spiro atoms. The van der Waals surface area contributed by atoms with E-state index in [1.165, 1.54) is 26.4 Å². The number of nitrogens with zero attached hydrogens (tertiary/aromatic N) is 1. The molecule has 0 aromatic heterocycles. The Kier molecular flexibility index (Phi) is 5.36. The van der Waals surface area contributed by atoms with Crippen LogP contribution < -0.4 is 4.74 Å². The van der Waals surface area contributed by atoms with Gasteiger partial charge in [-0.2, -0.15) is 0 Å². The monoisotopic (exact) mass is 423 g/mol. The van der Waals surface area contributed by atoms with Gasteiger partial charge in [-0.1, -0.05) is 22.0 Å². The highest BCUT2D eigenvalue weighted by Crippen LogP contribution is 2.40. The zero-order valence-electron chi connectivity index (χ0n) is 14.5. The molecule has 2 aromatic carbocycles. The van der Waals surface area contributed by atoms with Gasteiger partial charge in [-0.05, 0) is 53.8 Å². The topological polar surface area (TPSA) is 59.0 Å². The summed E-state index contributed by atoms with van der Waals surface area (Å²) in [5.41, 5.74) is 2.69.